The number of ether oxygens (including phenoxy) is 1. The van der Waals surface area contributed by atoms with Crippen LogP contribution in [0.3, 0.4) is 0 Å². The molecular formula is C21H24F3N2O2+. The lowest BCUT2D eigenvalue weighted by Gasteiger charge is -2.35. The second-order valence-electron chi connectivity index (χ2n) is 7.00. The van der Waals surface area contributed by atoms with Gasteiger partial charge >= 0.3 is 6.18 Å². The highest BCUT2D eigenvalue weighted by molar-refractivity contribution is 5.94. The van der Waals surface area contributed by atoms with Crippen LogP contribution in [0.4, 0.5) is 13.2 Å². The van der Waals surface area contributed by atoms with Crippen molar-refractivity contribution in [2.75, 3.05) is 26.3 Å². The Morgan fingerprint density at radius 3 is 2.21 bits per heavy atom. The van der Waals surface area contributed by atoms with Crippen LogP contribution in [0.1, 0.15) is 34.5 Å². The van der Waals surface area contributed by atoms with Gasteiger partial charge in [0.05, 0.1) is 24.8 Å². The van der Waals surface area contributed by atoms with Crippen LogP contribution < -0.4 is 10.2 Å². The number of morpholine rings is 1. The number of amides is 1. The summed E-state index contributed by atoms with van der Waals surface area (Å²) in [6.45, 7) is 4.93. The molecule has 1 heterocycles. The van der Waals surface area contributed by atoms with E-state index in [9.17, 15) is 18.0 Å². The molecule has 150 valence electrons. The van der Waals surface area contributed by atoms with Gasteiger partial charge in [-0.05, 0) is 31.2 Å². The fourth-order valence-electron chi connectivity index (χ4n) is 3.67. The van der Waals surface area contributed by atoms with Crippen molar-refractivity contribution >= 4 is 5.91 Å². The van der Waals surface area contributed by atoms with Crippen molar-refractivity contribution in [3.05, 3.63) is 71.3 Å². The summed E-state index contributed by atoms with van der Waals surface area (Å²) in [6, 6.07) is 14.1. The molecule has 2 atom stereocenters. The van der Waals surface area contributed by atoms with Crippen molar-refractivity contribution in [1.82, 2.24) is 5.32 Å². The number of halogens is 3. The van der Waals surface area contributed by atoms with Gasteiger partial charge in [0.2, 0.25) is 0 Å². The molecule has 0 unspecified atom stereocenters. The molecule has 1 aliphatic heterocycles. The molecule has 0 aliphatic carbocycles. The minimum absolute atomic E-state index is 0.0310. The number of alkyl halides is 3. The summed E-state index contributed by atoms with van der Waals surface area (Å²) in [7, 11) is 0. The molecule has 2 aromatic carbocycles. The third-order valence-corrected chi connectivity index (χ3v) is 5.07. The summed E-state index contributed by atoms with van der Waals surface area (Å²) >= 11 is 0. The monoisotopic (exact) mass is 393 g/mol. The second-order valence-corrected chi connectivity index (χ2v) is 7.00. The molecule has 3 rings (SSSR count). The molecule has 7 heteroatoms. The predicted octanol–water partition coefficient (Wildman–Crippen LogP) is 2.48. The molecule has 0 saturated carbocycles. The van der Waals surface area contributed by atoms with Gasteiger partial charge in [-0.3, -0.25) is 4.79 Å². The lowest BCUT2D eigenvalue weighted by molar-refractivity contribution is -0.940. The van der Waals surface area contributed by atoms with Gasteiger partial charge in [0, 0.05) is 11.1 Å². The maximum Gasteiger partial charge on any atom is 0.416 e. The first-order valence-electron chi connectivity index (χ1n) is 9.31. The Balaban J connectivity index is 1.75. The Hall–Kier alpha value is -2.38. The number of carbonyl (C=O) groups is 1. The zero-order valence-electron chi connectivity index (χ0n) is 15.6. The van der Waals surface area contributed by atoms with Crippen LogP contribution in [0.25, 0.3) is 0 Å². The summed E-state index contributed by atoms with van der Waals surface area (Å²) < 4.78 is 43.6. The normalized spacial score (nSPS) is 17.7. The summed E-state index contributed by atoms with van der Waals surface area (Å²) in [5, 5.41) is 2.97. The van der Waals surface area contributed by atoms with E-state index in [-0.39, 0.29) is 23.6 Å². The van der Waals surface area contributed by atoms with Crippen LogP contribution in [0.2, 0.25) is 0 Å². The van der Waals surface area contributed by atoms with E-state index in [0.29, 0.717) is 13.2 Å². The Bertz CT molecular complexity index is 772. The van der Waals surface area contributed by atoms with E-state index in [1.165, 1.54) is 17.0 Å². The van der Waals surface area contributed by atoms with Gasteiger partial charge in [-0.25, -0.2) is 0 Å². The second kappa shape index (κ2) is 8.75. The van der Waals surface area contributed by atoms with Gasteiger partial charge in [0.15, 0.2) is 0 Å². The van der Waals surface area contributed by atoms with E-state index < -0.39 is 11.7 Å². The summed E-state index contributed by atoms with van der Waals surface area (Å²) in [6.07, 6.45) is -4.42. The molecule has 1 aliphatic rings. The Morgan fingerprint density at radius 1 is 1.04 bits per heavy atom. The third-order valence-electron chi connectivity index (χ3n) is 5.07. The van der Waals surface area contributed by atoms with Crippen LogP contribution in [0.15, 0.2) is 54.6 Å². The van der Waals surface area contributed by atoms with Crippen molar-refractivity contribution in [3.8, 4) is 0 Å². The first-order chi connectivity index (χ1) is 13.4. The molecule has 1 fully saturated rings. The molecule has 0 aromatic heterocycles. The van der Waals surface area contributed by atoms with E-state index in [1.807, 2.05) is 37.3 Å². The highest BCUT2D eigenvalue weighted by Crippen LogP contribution is 2.29. The van der Waals surface area contributed by atoms with Crippen LogP contribution in [0.5, 0.6) is 0 Å². The molecular weight excluding hydrogens is 369 g/mol. The summed E-state index contributed by atoms with van der Waals surface area (Å²) in [4.78, 5) is 13.9. The number of quaternary nitrogens is 1. The van der Waals surface area contributed by atoms with E-state index >= 15 is 0 Å². The number of carbonyl (C=O) groups excluding carboxylic acids is 1. The molecule has 4 nitrogen and oxygen atoms in total. The number of nitrogens with one attached hydrogen (secondary N) is 2. The van der Waals surface area contributed by atoms with E-state index in [2.05, 4.69) is 5.32 Å². The maximum absolute atomic E-state index is 12.7. The van der Waals surface area contributed by atoms with Gasteiger partial charge in [0.25, 0.3) is 5.91 Å². The number of hydrogen-bond acceptors (Lipinski definition) is 2. The molecule has 0 spiro atoms. The topological polar surface area (TPSA) is 42.8 Å². The third kappa shape index (κ3) is 4.91. The summed E-state index contributed by atoms with van der Waals surface area (Å²) in [5.74, 6) is -0.380. The van der Waals surface area contributed by atoms with Crippen LogP contribution in [-0.2, 0) is 10.9 Å². The molecule has 2 aromatic rings. The van der Waals surface area contributed by atoms with Crippen molar-refractivity contribution < 1.29 is 27.6 Å². The molecule has 1 amide bonds. The molecule has 1 saturated heterocycles. The first kappa shape index (κ1) is 20.4. The predicted molar refractivity (Wildman–Crippen MR) is 99.1 cm³/mol. The lowest BCUT2D eigenvalue weighted by Crippen LogP contribution is -3.15. The van der Waals surface area contributed by atoms with Crippen molar-refractivity contribution in [2.24, 2.45) is 0 Å². The number of rotatable bonds is 5. The SMILES string of the molecule is C[C@@H](NC(=O)c1ccc(C(F)(F)F)cc1)[C@@H](c1ccccc1)[NH+]1CCOCC1. The Kier molecular flexibility index (Phi) is 6.36. The van der Waals surface area contributed by atoms with Crippen molar-refractivity contribution in [3.63, 3.8) is 0 Å². The fourth-order valence-corrected chi connectivity index (χ4v) is 3.67. The molecule has 2 N–H and O–H groups in total. The highest BCUT2D eigenvalue weighted by Gasteiger charge is 2.33. The zero-order chi connectivity index (χ0) is 20.1. The number of benzene rings is 2. The van der Waals surface area contributed by atoms with E-state index in [4.69, 9.17) is 4.74 Å². The average molecular weight is 393 g/mol. The Labute approximate surface area is 162 Å². The van der Waals surface area contributed by atoms with Gasteiger partial charge < -0.3 is 15.0 Å². The van der Waals surface area contributed by atoms with Crippen LogP contribution in [-0.4, -0.2) is 38.3 Å². The lowest BCUT2D eigenvalue weighted by atomic mass is 9.97. The smallest absolute Gasteiger partial charge is 0.370 e. The Morgan fingerprint density at radius 2 is 1.64 bits per heavy atom. The molecule has 0 radical (unpaired) electrons. The van der Waals surface area contributed by atoms with Gasteiger partial charge in [0.1, 0.15) is 19.1 Å². The molecule has 28 heavy (non-hydrogen) atoms. The average Bonchev–Trinajstić information content (AvgIpc) is 2.69. The summed E-state index contributed by atoms with van der Waals surface area (Å²) in [5.41, 5.74) is 0.556. The standard InChI is InChI=1S/C21H23F3N2O2/c1-15(25-20(27)17-7-9-18(10-8-17)21(22,23)24)19(16-5-3-2-4-6-16)26-11-13-28-14-12-26/h2-10,15,19H,11-14H2,1H3,(H,25,27)/p+1/t15-,19+/m1/s1. The minimum atomic E-state index is -4.42. The van der Waals surface area contributed by atoms with E-state index in [1.54, 1.807) is 0 Å². The molecule has 0 bridgehead atoms. The maximum atomic E-state index is 12.7. The first-order valence-corrected chi connectivity index (χ1v) is 9.31. The van der Waals surface area contributed by atoms with Crippen molar-refractivity contribution in [1.29, 1.82) is 0 Å². The largest absolute Gasteiger partial charge is 0.416 e. The fraction of sp³-hybridized carbons (Fsp3) is 0.381. The number of hydrogen-bond donors (Lipinski definition) is 2. The minimum Gasteiger partial charge on any atom is -0.370 e. The van der Waals surface area contributed by atoms with Crippen LogP contribution >= 0.6 is 0 Å². The van der Waals surface area contributed by atoms with Gasteiger partial charge in [-0.15, -0.1) is 0 Å². The quantitative estimate of drug-likeness (QED) is 0.820. The van der Waals surface area contributed by atoms with Gasteiger partial charge in [-0.1, -0.05) is 30.3 Å². The van der Waals surface area contributed by atoms with Gasteiger partial charge in [-0.2, -0.15) is 13.2 Å². The van der Waals surface area contributed by atoms with Crippen LogP contribution in [0, 0.1) is 0 Å². The van der Waals surface area contributed by atoms with Crippen molar-refractivity contribution in [2.45, 2.75) is 25.2 Å². The highest BCUT2D eigenvalue weighted by atomic mass is 19.4. The van der Waals surface area contributed by atoms with E-state index in [0.717, 1.165) is 30.8 Å². The zero-order valence-corrected chi connectivity index (χ0v) is 15.6.